The van der Waals surface area contributed by atoms with Gasteiger partial charge in [-0.2, -0.15) is 0 Å². The van der Waals surface area contributed by atoms with Gasteiger partial charge in [-0.15, -0.1) is 0 Å². The zero-order valence-corrected chi connectivity index (χ0v) is 21.8. The molecule has 0 saturated carbocycles. The summed E-state index contributed by atoms with van der Waals surface area (Å²) >= 11 is 0. The monoisotopic (exact) mass is 437 g/mol. The van der Waals surface area contributed by atoms with Crippen molar-refractivity contribution in [3.63, 3.8) is 0 Å². The highest BCUT2D eigenvalue weighted by atomic mass is 28.4. The highest BCUT2D eigenvalue weighted by molar-refractivity contribution is 6.71. The minimum atomic E-state index is -2.15. The van der Waals surface area contributed by atoms with Gasteiger partial charge in [0.2, 0.25) is 16.6 Å². The van der Waals surface area contributed by atoms with Crippen LogP contribution in [0.4, 0.5) is 0 Å². The van der Waals surface area contributed by atoms with E-state index in [0.717, 1.165) is 12.5 Å². The summed E-state index contributed by atoms with van der Waals surface area (Å²) in [5.41, 5.74) is 0. The standard InChI is InChI=1S/C17H39NO6Si3/c1-18(12-11-13-27(10,21-2)22-3)15(17(20)24-26(7,8)9)14-16(19)23-25(4,5)6/h15H,11-14H2,1-10H3. The molecule has 0 N–H and O–H groups in total. The van der Waals surface area contributed by atoms with Gasteiger partial charge in [0.15, 0.2) is 0 Å². The predicted molar refractivity (Wildman–Crippen MR) is 115 cm³/mol. The third kappa shape index (κ3) is 11.8. The molecule has 0 aliphatic carbocycles. The molecule has 160 valence electrons. The number of carbonyl (C=O) groups excluding carboxylic acids is 2. The summed E-state index contributed by atoms with van der Waals surface area (Å²) in [6, 6.07) is 0.165. The molecule has 0 radical (unpaired) electrons. The first-order valence-corrected chi connectivity index (χ1v) is 18.7. The van der Waals surface area contributed by atoms with Crippen LogP contribution in [0.25, 0.3) is 0 Å². The van der Waals surface area contributed by atoms with Gasteiger partial charge in [0.1, 0.15) is 6.04 Å². The Morgan fingerprint density at radius 1 is 0.889 bits per heavy atom. The summed E-state index contributed by atoms with van der Waals surface area (Å²) in [5, 5.41) is 0. The van der Waals surface area contributed by atoms with Crippen molar-refractivity contribution in [2.45, 2.75) is 70.8 Å². The summed E-state index contributed by atoms with van der Waals surface area (Å²) in [7, 11) is -1.03. The maximum atomic E-state index is 12.7. The van der Waals surface area contributed by atoms with Crippen LogP contribution in [0.5, 0.6) is 0 Å². The van der Waals surface area contributed by atoms with E-state index in [4.69, 9.17) is 17.7 Å². The second-order valence-electron chi connectivity index (χ2n) is 8.97. The van der Waals surface area contributed by atoms with Crippen LogP contribution in [0.3, 0.4) is 0 Å². The average molecular weight is 438 g/mol. The van der Waals surface area contributed by atoms with Crippen molar-refractivity contribution in [3.05, 3.63) is 0 Å². The van der Waals surface area contributed by atoms with E-state index in [1.807, 2.05) is 57.8 Å². The van der Waals surface area contributed by atoms with Gasteiger partial charge in [-0.25, -0.2) is 0 Å². The zero-order valence-electron chi connectivity index (χ0n) is 18.8. The van der Waals surface area contributed by atoms with E-state index in [1.54, 1.807) is 14.2 Å². The fraction of sp³-hybridized carbons (Fsp3) is 0.882. The molecular weight excluding hydrogens is 398 g/mol. The van der Waals surface area contributed by atoms with Gasteiger partial charge >= 0.3 is 14.5 Å². The number of carbonyl (C=O) groups is 2. The van der Waals surface area contributed by atoms with Gasteiger partial charge in [0.25, 0.3) is 5.97 Å². The molecule has 0 aromatic rings. The molecule has 1 atom stereocenters. The topological polar surface area (TPSA) is 74.3 Å². The summed E-state index contributed by atoms with van der Waals surface area (Å²) in [6.45, 7) is 14.4. The largest absolute Gasteiger partial charge is 0.520 e. The van der Waals surface area contributed by atoms with Crippen LogP contribution in [-0.4, -0.2) is 75.9 Å². The molecule has 0 bridgehead atoms. The fourth-order valence-corrected chi connectivity index (χ4v) is 5.30. The number of rotatable bonds is 12. The molecule has 1 unspecified atom stereocenters. The molecule has 10 heteroatoms. The maximum Gasteiger partial charge on any atom is 0.334 e. The quantitative estimate of drug-likeness (QED) is 0.434. The van der Waals surface area contributed by atoms with Crippen LogP contribution in [0.15, 0.2) is 0 Å². The van der Waals surface area contributed by atoms with Crippen molar-refractivity contribution in [3.8, 4) is 0 Å². The Balaban J connectivity index is 5.05. The summed E-state index contributed by atoms with van der Waals surface area (Å²) in [4.78, 5) is 26.9. The molecule has 0 spiro atoms. The van der Waals surface area contributed by atoms with Crippen molar-refractivity contribution < 1.29 is 27.3 Å². The van der Waals surface area contributed by atoms with Crippen LogP contribution in [0.2, 0.25) is 51.9 Å². The van der Waals surface area contributed by atoms with Gasteiger partial charge in [-0.05, 0) is 71.9 Å². The number of nitrogens with zero attached hydrogens (tertiary/aromatic N) is 1. The Bertz CT molecular complexity index is 486. The van der Waals surface area contributed by atoms with Crippen molar-refractivity contribution in [1.82, 2.24) is 4.90 Å². The van der Waals surface area contributed by atoms with Crippen molar-refractivity contribution in [2.24, 2.45) is 0 Å². The molecular formula is C17H39NO6Si3. The summed E-state index contributed by atoms with van der Waals surface area (Å²) in [5.74, 6) is -0.686. The van der Waals surface area contributed by atoms with Gasteiger partial charge in [-0.1, -0.05) is 0 Å². The van der Waals surface area contributed by atoms with Crippen LogP contribution in [0, 0.1) is 0 Å². The highest BCUT2D eigenvalue weighted by Crippen LogP contribution is 2.17. The molecule has 0 aliphatic heterocycles. The number of hydrogen-bond donors (Lipinski definition) is 0. The molecule has 0 saturated heterocycles. The lowest BCUT2D eigenvalue weighted by Gasteiger charge is -2.30. The predicted octanol–water partition coefficient (Wildman–Crippen LogP) is 3.19. The molecule has 7 nitrogen and oxygen atoms in total. The second-order valence-corrected chi connectivity index (χ2v) is 21.4. The smallest absolute Gasteiger partial charge is 0.334 e. The van der Waals surface area contributed by atoms with Crippen LogP contribution < -0.4 is 0 Å². The molecule has 0 amide bonds. The highest BCUT2D eigenvalue weighted by Gasteiger charge is 2.34. The first-order valence-electron chi connectivity index (χ1n) is 9.38. The first-order chi connectivity index (χ1) is 12.1. The van der Waals surface area contributed by atoms with Crippen LogP contribution >= 0.6 is 0 Å². The van der Waals surface area contributed by atoms with Gasteiger partial charge in [-0.3, -0.25) is 14.5 Å². The number of likely N-dealkylation sites (N-methyl/N-ethyl adjacent to an activating group) is 1. The van der Waals surface area contributed by atoms with E-state index in [1.165, 1.54) is 0 Å². The Morgan fingerprint density at radius 3 is 1.78 bits per heavy atom. The van der Waals surface area contributed by atoms with E-state index in [9.17, 15) is 9.59 Å². The van der Waals surface area contributed by atoms with Gasteiger partial charge < -0.3 is 17.7 Å². The lowest BCUT2D eigenvalue weighted by molar-refractivity contribution is -0.147. The molecule has 0 aromatic carbocycles. The van der Waals surface area contributed by atoms with Crippen molar-refractivity contribution in [2.75, 3.05) is 27.8 Å². The summed E-state index contributed by atoms with van der Waals surface area (Å²) in [6.07, 6.45) is 0.814. The normalized spacial score (nSPS) is 14.2. The lowest BCUT2D eigenvalue weighted by atomic mass is 10.2. The summed E-state index contributed by atoms with van der Waals surface area (Å²) < 4.78 is 22.2. The molecule has 0 aliphatic rings. The minimum absolute atomic E-state index is 0.00728. The Morgan fingerprint density at radius 2 is 1.37 bits per heavy atom. The zero-order chi connectivity index (χ0) is 21.5. The maximum absolute atomic E-state index is 12.7. The minimum Gasteiger partial charge on any atom is -0.520 e. The van der Waals surface area contributed by atoms with Crippen LogP contribution in [-0.2, 0) is 27.3 Å². The molecule has 0 heterocycles. The lowest BCUT2D eigenvalue weighted by Crippen LogP contribution is -2.46. The molecule has 0 rings (SSSR count). The Hall–Kier alpha value is -0.529. The molecule has 0 fully saturated rings. The van der Waals surface area contributed by atoms with Gasteiger partial charge in [0.05, 0.1) is 6.42 Å². The third-order valence-corrected chi connectivity index (χ3v) is 8.64. The van der Waals surface area contributed by atoms with Crippen LogP contribution in [0.1, 0.15) is 12.8 Å². The van der Waals surface area contributed by atoms with Gasteiger partial charge in [0, 0.05) is 14.2 Å². The van der Waals surface area contributed by atoms with Crippen molar-refractivity contribution in [1.29, 1.82) is 0 Å². The molecule has 0 aromatic heterocycles. The van der Waals surface area contributed by atoms with E-state index in [2.05, 4.69) is 0 Å². The fourth-order valence-electron chi connectivity index (χ4n) is 2.42. The first kappa shape index (κ1) is 26.5. The van der Waals surface area contributed by atoms with E-state index in [-0.39, 0.29) is 18.4 Å². The van der Waals surface area contributed by atoms with Crippen molar-refractivity contribution >= 4 is 37.1 Å². The van der Waals surface area contributed by atoms with E-state index >= 15 is 0 Å². The third-order valence-electron chi connectivity index (χ3n) is 4.00. The Labute approximate surface area is 168 Å². The Kier molecular flexibility index (Phi) is 10.6. The number of hydrogen-bond acceptors (Lipinski definition) is 7. The van der Waals surface area contributed by atoms with E-state index in [0.29, 0.717) is 6.54 Å². The second kappa shape index (κ2) is 10.9. The van der Waals surface area contributed by atoms with E-state index < -0.39 is 31.2 Å². The molecule has 27 heavy (non-hydrogen) atoms. The average Bonchev–Trinajstić information content (AvgIpc) is 2.48. The SMILES string of the molecule is CO[Si](C)(CCCN(C)C(CC(=O)O[Si](C)(C)C)C(=O)O[Si](C)(C)C)OC.